The van der Waals surface area contributed by atoms with Crippen molar-refractivity contribution in [2.24, 2.45) is 5.92 Å². The Kier molecular flexibility index (Phi) is 4.57. The molecule has 1 aromatic heterocycles. The number of carbonyl (C=O) groups excluding carboxylic acids is 1. The smallest absolute Gasteiger partial charge is 0.306 e. The monoisotopic (exact) mass is 347 g/mol. The number of benzene rings is 1. The van der Waals surface area contributed by atoms with E-state index in [0.717, 1.165) is 11.4 Å². The summed E-state index contributed by atoms with van der Waals surface area (Å²) in [6, 6.07) is 7.10. The van der Waals surface area contributed by atoms with Crippen molar-refractivity contribution in [1.29, 1.82) is 0 Å². The van der Waals surface area contributed by atoms with E-state index in [4.69, 9.17) is 16.7 Å². The second-order valence-corrected chi connectivity index (χ2v) is 6.49. The summed E-state index contributed by atoms with van der Waals surface area (Å²) < 4.78 is 1.68. The van der Waals surface area contributed by atoms with E-state index in [1.54, 1.807) is 16.8 Å². The van der Waals surface area contributed by atoms with E-state index in [1.807, 2.05) is 19.1 Å². The van der Waals surface area contributed by atoms with Crippen LogP contribution in [-0.4, -0.2) is 32.8 Å². The van der Waals surface area contributed by atoms with Gasteiger partial charge in [-0.3, -0.25) is 9.59 Å². The minimum atomic E-state index is -0.793. The molecule has 2 aromatic rings. The van der Waals surface area contributed by atoms with Crippen LogP contribution in [0.15, 0.2) is 30.5 Å². The van der Waals surface area contributed by atoms with Crippen molar-refractivity contribution in [1.82, 2.24) is 15.1 Å². The average molecular weight is 348 g/mol. The largest absolute Gasteiger partial charge is 0.481 e. The molecule has 0 spiro atoms. The molecular weight excluding hydrogens is 330 g/mol. The molecule has 0 radical (unpaired) electrons. The van der Waals surface area contributed by atoms with Crippen LogP contribution in [-0.2, 0) is 4.79 Å². The van der Waals surface area contributed by atoms with Crippen LogP contribution in [0.25, 0.3) is 5.69 Å². The standard InChI is InChI=1S/C17H18ClN3O3/c1-10-15(9-19-21(10)14-6-3-12(18)4-7-14)16(22)20-13-5-2-11(8-13)17(23)24/h3-4,6-7,9,11,13H,2,5,8H2,1H3,(H,20,22)(H,23,24)/t11-,13+/m1/s1. The van der Waals surface area contributed by atoms with Crippen LogP contribution in [0.2, 0.25) is 5.02 Å². The Labute approximate surface area is 144 Å². The van der Waals surface area contributed by atoms with E-state index in [0.29, 0.717) is 29.8 Å². The van der Waals surface area contributed by atoms with E-state index in [9.17, 15) is 9.59 Å². The quantitative estimate of drug-likeness (QED) is 0.890. The maximum absolute atomic E-state index is 12.5. The van der Waals surface area contributed by atoms with Crippen molar-refractivity contribution in [3.63, 3.8) is 0 Å². The molecule has 0 unspecified atom stereocenters. The fraction of sp³-hybridized carbons (Fsp3) is 0.353. The van der Waals surface area contributed by atoms with Crippen molar-refractivity contribution < 1.29 is 14.7 Å². The number of nitrogens with zero attached hydrogens (tertiary/aromatic N) is 2. The highest BCUT2D eigenvalue weighted by molar-refractivity contribution is 6.30. The fourth-order valence-corrected chi connectivity index (χ4v) is 3.20. The number of hydrogen-bond donors (Lipinski definition) is 2. The predicted octanol–water partition coefficient (Wildman–Crippen LogP) is 2.82. The number of carboxylic acid groups (broad SMARTS) is 1. The van der Waals surface area contributed by atoms with Gasteiger partial charge in [0.05, 0.1) is 29.1 Å². The molecule has 1 amide bonds. The number of nitrogens with one attached hydrogen (secondary N) is 1. The van der Waals surface area contributed by atoms with Gasteiger partial charge in [0.1, 0.15) is 0 Å². The van der Waals surface area contributed by atoms with Gasteiger partial charge < -0.3 is 10.4 Å². The summed E-state index contributed by atoms with van der Waals surface area (Å²) in [5, 5.41) is 16.9. The lowest BCUT2D eigenvalue weighted by Crippen LogP contribution is -2.33. The Morgan fingerprint density at radius 1 is 1.29 bits per heavy atom. The number of carbonyl (C=O) groups is 2. The summed E-state index contributed by atoms with van der Waals surface area (Å²) in [5.74, 6) is -1.38. The van der Waals surface area contributed by atoms with E-state index in [2.05, 4.69) is 10.4 Å². The number of amides is 1. The molecule has 1 aromatic carbocycles. The molecule has 1 aliphatic carbocycles. The van der Waals surface area contributed by atoms with E-state index < -0.39 is 5.97 Å². The van der Waals surface area contributed by atoms with Gasteiger partial charge in [-0.25, -0.2) is 4.68 Å². The minimum Gasteiger partial charge on any atom is -0.481 e. The summed E-state index contributed by atoms with van der Waals surface area (Å²) in [6.45, 7) is 1.82. The van der Waals surface area contributed by atoms with E-state index in [-0.39, 0.29) is 17.9 Å². The van der Waals surface area contributed by atoms with Crippen LogP contribution in [0, 0.1) is 12.8 Å². The van der Waals surface area contributed by atoms with E-state index >= 15 is 0 Å². The topological polar surface area (TPSA) is 84.2 Å². The number of carboxylic acids is 1. The molecule has 7 heteroatoms. The first-order valence-electron chi connectivity index (χ1n) is 7.80. The molecule has 1 aliphatic rings. The van der Waals surface area contributed by atoms with Gasteiger partial charge in [-0.2, -0.15) is 5.10 Å². The third kappa shape index (κ3) is 3.28. The first kappa shape index (κ1) is 16.5. The molecule has 0 aliphatic heterocycles. The van der Waals surface area contributed by atoms with Crippen LogP contribution in [0.4, 0.5) is 0 Å². The van der Waals surface area contributed by atoms with Crippen LogP contribution in [0.5, 0.6) is 0 Å². The Hall–Kier alpha value is -2.34. The van der Waals surface area contributed by atoms with Crippen molar-refractivity contribution in [3.05, 3.63) is 46.7 Å². The van der Waals surface area contributed by atoms with Gasteiger partial charge >= 0.3 is 5.97 Å². The summed E-state index contributed by atoms with van der Waals surface area (Å²) >= 11 is 5.89. The zero-order valence-electron chi connectivity index (χ0n) is 13.2. The van der Waals surface area contributed by atoms with Gasteiger partial charge in [-0.1, -0.05) is 11.6 Å². The average Bonchev–Trinajstić information content (AvgIpc) is 3.15. The second-order valence-electron chi connectivity index (χ2n) is 6.05. The molecule has 0 bridgehead atoms. The molecule has 1 heterocycles. The Bertz CT molecular complexity index is 770. The van der Waals surface area contributed by atoms with Gasteiger partial charge in [-0.05, 0) is 50.5 Å². The molecule has 126 valence electrons. The van der Waals surface area contributed by atoms with Gasteiger partial charge in [0, 0.05) is 11.1 Å². The maximum atomic E-state index is 12.5. The molecule has 0 saturated heterocycles. The van der Waals surface area contributed by atoms with Gasteiger partial charge in [0.15, 0.2) is 0 Å². The minimum absolute atomic E-state index is 0.100. The molecule has 6 nitrogen and oxygen atoms in total. The van der Waals surface area contributed by atoms with Crippen molar-refractivity contribution >= 4 is 23.5 Å². The van der Waals surface area contributed by atoms with Crippen LogP contribution in [0.3, 0.4) is 0 Å². The first-order chi connectivity index (χ1) is 11.5. The third-order valence-corrected chi connectivity index (χ3v) is 4.69. The third-order valence-electron chi connectivity index (χ3n) is 4.44. The van der Waals surface area contributed by atoms with Crippen LogP contribution < -0.4 is 5.32 Å². The molecule has 3 rings (SSSR count). The number of aliphatic carboxylic acids is 1. The van der Waals surface area contributed by atoms with Crippen LogP contribution in [0.1, 0.15) is 35.3 Å². The number of hydrogen-bond acceptors (Lipinski definition) is 3. The predicted molar refractivity (Wildman–Crippen MR) is 89.5 cm³/mol. The Morgan fingerprint density at radius 2 is 2.00 bits per heavy atom. The van der Waals surface area contributed by atoms with Gasteiger partial charge in [-0.15, -0.1) is 0 Å². The summed E-state index contributed by atoms with van der Waals surface area (Å²) in [4.78, 5) is 23.5. The van der Waals surface area contributed by atoms with E-state index in [1.165, 1.54) is 6.20 Å². The molecule has 1 fully saturated rings. The maximum Gasteiger partial charge on any atom is 0.306 e. The molecule has 2 N–H and O–H groups in total. The normalized spacial score (nSPS) is 20.1. The number of aromatic nitrogens is 2. The van der Waals surface area contributed by atoms with Crippen molar-refractivity contribution in [2.45, 2.75) is 32.2 Å². The lowest BCUT2D eigenvalue weighted by atomic mass is 10.1. The lowest BCUT2D eigenvalue weighted by Gasteiger charge is -2.12. The highest BCUT2D eigenvalue weighted by Crippen LogP contribution is 2.26. The van der Waals surface area contributed by atoms with Crippen molar-refractivity contribution in [3.8, 4) is 5.69 Å². The SMILES string of the molecule is Cc1c(C(=O)N[C@H]2CC[C@@H](C(=O)O)C2)cnn1-c1ccc(Cl)cc1. The Morgan fingerprint density at radius 3 is 2.62 bits per heavy atom. The molecule has 2 atom stereocenters. The first-order valence-corrected chi connectivity index (χ1v) is 8.17. The van der Waals surface area contributed by atoms with Crippen molar-refractivity contribution in [2.75, 3.05) is 0 Å². The molecular formula is C17H18ClN3O3. The molecule has 24 heavy (non-hydrogen) atoms. The highest BCUT2D eigenvalue weighted by atomic mass is 35.5. The Balaban J connectivity index is 1.72. The number of halogens is 1. The summed E-state index contributed by atoms with van der Waals surface area (Å²) in [5.41, 5.74) is 2.04. The fourth-order valence-electron chi connectivity index (χ4n) is 3.08. The molecule has 1 saturated carbocycles. The highest BCUT2D eigenvalue weighted by Gasteiger charge is 2.31. The summed E-state index contributed by atoms with van der Waals surface area (Å²) in [6.07, 6.45) is 3.30. The van der Waals surface area contributed by atoms with Gasteiger partial charge in [0.25, 0.3) is 5.91 Å². The number of rotatable bonds is 4. The zero-order valence-corrected chi connectivity index (χ0v) is 14.0. The van der Waals surface area contributed by atoms with Crippen LogP contribution >= 0.6 is 11.6 Å². The second kappa shape index (κ2) is 6.65. The van der Waals surface area contributed by atoms with Gasteiger partial charge in [0.2, 0.25) is 0 Å². The lowest BCUT2D eigenvalue weighted by molar-refractivity contribution is -0.141. The summed E-state index contributed by atoms with van der Waals surface area (Å²) in [7, 11) is 0. The zero-order chi connectivity index (χ0) is 17.3.